The van der Waals surface area contributed by atoms with Gasteiger partial charge in [-0.15, -0.1) is 16.4 Å². The fraction of sp³-hybridized carbons (Fsp3) is 0.391. The molecule has 1 fully saturated rings. The summed E-state index contributed by atoms with van der Waals surface area (Å²) in [6.45, 7) is 1.34. The monoisotopic (exact) mass is 606 g/mol. The smallest absolute Gasteiger partial charge is 0.416 e. The van der Waals surface area contributed by atoms with Crippen LogP contribution in [0.3, 0.4) is 0 Å². The number of benzene rings is 1. The SMILES string of the molecule is CCOC(=O)[C@H]1O[C@@H]1C(=O)N[C@@H](Cc1cscn1)C(=O)NCc1cn(-c2cc(C(F)(F)F)cc(C(F)(F)F)c2)nn1. The molecule has 2 N–H and O–H groups in total. The van der Waals surface area contributed by atoms with Crippen LogP contribution >= 0.6 is 11.3 Å². The number of nitrogens with zero attached hydrogens (tertiary/aromatic N) is 4. The number of thiazole rings is 1. The molecule has 0 unspecified atom stereocenters. The number of alkyl halides is 6. The van der Waals surface area contributed by atoms with Crippen molar-refractivity contribution in [1.29, 1.82) is 0 Å². The van der Waals surface area contributed by atoms with E-state index in [0.29, 0.717) is 22.5 Å². The largest absolute Gasteiger partial charge is 0.464 e. The van der Waals surface area contributed by atoms with Crippen molar-refractivity contribution in [3.8, 4) is 5.69 Å². The van der Waals surface area contributed by atoms with Crippen LogP contribution in [-0.4, -0.2) is 62.6 Å². The van der Waals surface area contributed by atoms with E-state index in [9.17, 15) is 40.7 Å². The molecule has 2 aromatic heterocycles. The fourth-order valence-electron chi connectivity index (χ4n) is 3.60. The van der Waals surface area contributed by atoms with E-state index in [2.05, 4.69) is 25.9 Å². The molecule has 220 valence electrons. The van der Waals surface area contributed by atoms with Gasteiger partial charge in [0.05, 0.1) is 47.4 Å². The van der Waals surface area contributed by atoms with Gasteiger partial charge in [0.1, 0.15) is 11.7 Å². The van der Waals surface area contributed by atoms with Gasteiger partial charge in [-0.25, -0.2) is 14.5 Å². The summed E-state index contributed by atoms with van der Waals surface area (Å²) in [6.07, 6.45) is -11.3. The molecule has 4 rings (SSSR count). The maximum atomic E-state index is 13.2. The normalized spacial score (nSPS) is 17.5. The Hall–Kier alpha value is -4.06. The summed E-state index contributed by atoms with van der Waals surface area (Å²) in [5.74, 6) is -2.18. The number of epoxide rings is 1. The Morgan fingerprint density at radius 1 is 1.07 bits per heavy atom. The van der Waals surface area contributed by atoms with Crippen molar-refractivity contribution in [2.24, 2.45) is 0 Å². The number of ether oxygens (including phenoxy) is 2. The second kappa shape index (κ2) is 11.8. The third-order valence-corrected chi connectivity index (χ3v) is 6.26. The first-order chi connectivity index (χ1) is 19.3. The Morgan fingerprint density at radius 3 is 2.34 bits per heavy atom. The van der Waals surface area contributed by atoms with Crippen LogP contribution in [0.25, 0.3) is 5.69 Å². The highest BCUT2D eigenvalue weighted by Gasteiger charge is 2.52. The van der Waals surface area contributed by atoms with E-state index in [0.717, 1.165) is 6.20 Å². The molecule has 0 bridgehead atoms. The quantitative estimate of drug-likeness (QED) is 0.204. The molecule has 3 heterocycles. The number of esters is 1. The summed E-state index contributed by atoms with van der Waals surface area (Å²) in [5, 5.41) is 13.9. The number of hydrogen-bond donors (Lipinski definition) is 2. The second-order valence-corrected chi connectivity index (χ2v) is 9.33. The van der Waals surface area contributed by atoms with Crippen LogP contribution in [0.1, 0.15) is 29.4 Å². The molecule has 1 aromatic carbocycles. The van der Waals surface area contributed by atoms with Crippen molar-refractivity contribution in [2.75, 3.05) is 6.61 Å². The van der Waals surface area contributed by atoms with Gasteiger partial charge in [-0.2, -0.15) is 26.3 Å². The first-order valence-corrected chi connectivity index (χ1v) is 12.7. The summed E-state index contributed by atoms with van der Waals surface area (Å²) in [6, 6.07) is -0.228. The number of amides is 2. The van der Waals surface area contributed by atoms with E-state index >= 15 is 0 Å². The number of nitrogens with one attached hydrogen (secondary N) is 2. The molecule has 11 nitrogen and oxygen atoms in total. The average molecular weight is 607 g/mol. The van der Waals surface area contributed by atoms with Crippen LogP contribution in [-0.2, 0) is 49.2 Å². The van der Waals surface area contributed by atoms with Crippen molar-refractivity contribution < 1.29 is 50.2 Å². The number of halogens is 6. The Bertz CT molecular complexity index is 1380. The van der Waals surface area contributed by atoms with Gasteiger partial charge in [-0.3, -0.25) is 9.59 Å². The third-order valence-electron chi connectivity index (χ3n) is 5.62. The lowest BCUT2D eigenvalue weighted by molar-refractivity contribution is -0.145. The van der Waals surface area contributed by atoms with Gasteiger partial charge in [0.15, 0.2) is 12.2 Å². The Balaban J connectivity index is 1.45. The Kier molecular flexibility index (Phi) is 8.62. The molecule has 0 spiro atoms. The van der Waals surface area contributed by atoms with Gasteiger partial charge in [-0.05, 0) is 25.1 Å². The van der Waals surface area contributed by atoms with Crippen molar-refractivity contribution in [2.45, 2.75) is 50.5 Å². The van der Waals surface area contributed by atoms with Gasteiger partial charge < -0.3 is 20.1 Å². The zero-order valence-corrected chi connectivity index (χ0v) is 21.6. The highest BCUT2D eigenvalue weighted by molar-refractivity contribution is 7.07. The molecule has 2 amide bonds. The minimum Gasteiger partial charge on any atom is -0.464 e. The van der Waals surface area contributed by atoms with E-state index < -0.39 is 65.2 Å². The van der Waals surface area contributed by atoms with Crippen molar-refractivity contribution in [3.05, 3.63) is 57.8 Å². The summed E-state index contributed by atoms with van der Waals surface area (Å²) in [4.78, 5) is 41.3. The van der Waals surface area contributed by atoms with E-state index in [-0.39, 0.29) is 31.3 Å². The standard InChI is InChI=1S/C23H20F6N6O5S/c1-2-39-21(38)18-17(40-18)20(37)32-16(6-13-9-41-10-31-13)19(36)30-7-14-8-35(34-33-14)15-4-11(22(24,25)26)3-12(5-15)23(27,28)29/h3-5,8-10,16-18H,2,6-7H2,1H3,(H,30,36)(H,32,37)/t16-,17-,18-/m0/s1. The molecule has 1 aliphatic heterocycles. The molecule has 41 heavy (non-hydrogen) atoms. The minimum absolute atomic E-state index is 0.00374. The van der Waals surface area contributed by atoms with Crippen LogP contribution in [0.4, 0.5) is 26.3 Å². The number of carbonyl (C=O) groups is 3. The first kappa shape index (κ1) is 29.9. The highest BCUT2D eigenvalue weighted by atomic mass is 32.1. The maximum Gasteiger partial charge on any atom is 0.416 e. The maximum absolute atomic E-state index is 13.2. The molecule has 3 aromatic rings. The van der Waals surface area contributed by atoms with Gasteiger partial charge in [0, 0.05) is 11.8 Å². The lowest BCUT2D eigenvalue weighted by Crippen LogP contribution is -2.49. The summed E-state index contributed by atoms with van der Waals surface area (Å²) in [7, 11) is 0. The lowest BCUT2D eigenvalue weighted by Gasteiger charge is -2.17. The number of aromatic nitrogens is 4. The summed E-state index contributed by atoms with van der Waals surface area (Å²) < 4.78 is 89.7. The zero-order chi connectivity index (χ0) is 29.9. The molecule has 1 saturated heterocycles. The van der Waals surface area contributed by atoms with E-state index in [1.165, 1.54) is 16.8 Å². The molecule has 0 radical (unpaired) electrons. The van der Waals surface area contributed by atoms with Crippen LogP contribution in [0.5, 0.6) is 0 Å². The van der Waals surface area contributed by atoms with Crippen molar-refractivity contribution >= 4 is 29.1 Å². The van der Waals surface area contributed by atoms with Gasteiger partial charge in [-0.1, -0.05) is 5.21 Å². The third kappa shape index (κ3) is 7.57. The number of rotatable bonds is 10. The topological polar surface area (TPSA) is 141 Å². The molecular weight excluding hydrogens is 586 g/mol. The average Bonchev–Trinajstić information content (AvgIpc) is 3.28. The first-order valence-electron chi connectivity index (χ1n) is 11.7. The number of carbonyl (C=O) groups excluding carboxylic acids is 3. The molecule has 18 heteroatoms. The fourth-order valence-corrected chi connectivity index (χ4v) is 4.17. The minimum atomic E-state index is -5.05. The van der Waals surface area contributed by atoms with E-state index in [1.54, 1.807) is 12.3 Å². The lowest BCUT2D eigenvalue weighted by atomic mass is 10.1. The molecule has 3 atom stereocenters. The van der Waals surface area contributed by atoms with Crippen LogP contribution in [0.15, 0.2) is 35.3 Å². The summed E-state index contributed by atoms with van der Waals surface area (Å²) in [5.41, 5.74) is -1.62. The second-order valence-electron chi connectivity index (χ2n) is 8.61. The van der Waals surface area contributed by atoms with Gasteiger partial charge >= 0.3 is 18.3 Å². The predicted octanol–water partition coefficient (Wildman–Crippen LogP) is 2.44. The summed E-state index contributed by atoms with van der Waals surface area (Å²) >= 11 is 1.25. The predicted molar refractivity (Wildman–Crippen MR) is 126 cm³/mol. The van der Waals surface area contributed by atoms with Crippen LogP contribution in [0.2, 0.25) is 0 Å². The molecular formula is C23H20F6N6O5S. The van der Waals surface area contributed by atoms with E-state index in [1.807, 2.05) is 0 Å². The van der Waals surface area contributed by atoms with Crippen LogP contribution in [0, 0.1) is 0 Å². The van der Waals surface area contributed by atoms with Crippen molar-refractivity contribution in [1.82, 2.24) is 30.6 Å². The number of hydrogen-bond acceptors (Lipinski definition) is 9. The molecule has 0 saturated carbocycles. The molecule has 1 aliphatic rings. The Labute approximate surface area is 230 Å². The zero-order valence-electron chi connectivity index (χ0n) is 20.8. The van der Waals surface area contributed by atoms with Crippen LogP contribution < -0.4 is 10.6 Å². The van der Waals surface area contributed by atoms with Gasteiger partial charge in [0.25, 0.3) is 5.91 Å². The highest BCUT2D eigenvalue weighted by Crippen LogP contribution is 2.37. The Morgan fingerprint density at radius 2 is 1.76 bits per heavy atom. The molecule has 0 aliphatic carbocycles. The van der Waals surface area contributed by atoms with E-state index in [4.69, 9.17) is 9.47 Å². The van der Waals surface area contributed by atoms with Crippen molar-refractivity contribution in [3.63, 3.8) is 0 Å². The van der Waals surface area contributed by atoms with Gasteiger partial charge in [0.2, 0.25) is 5.91 Å².